The second kappa shape index (κ2) is 8.65. The second-order valence-electron chi connectivity index (χ2n) is 8.96. The van der Waals surface area contributed by atoms with Gasteiger partial charge in [0.1, 0.15) is 5.54 Å². The lowest BCUT2D eigenvalue weighted by molar-refractivity contribution is -0.119. The number of carbonyl (C=O) groups excluding carboxylic acids is 1. The highest BCUT2D eigenvalue weighted by Crippen LogP contribution is 2.39. The fourth-order valence-corrected chi connectivity index (χ4v) is 4.11. The quantitative estimate of drug-likeness (QED) is 0.505. The zero-order valence-corrected chi connectivity index (χ0v) is 18.9. The normalized spacial score (nSPS) is 15.8. The lowest BCUT2D eigenvalue weighted by atomic mass is 9.87. The predicted octanol–water partition coefficient (Wildman–Crippen LogP) is 4.33. The van der Waals surface area contributed by atoms with Crippen LogP contribution < -0.4 is 5.32 Å². The summed E-state index contributed by atoms with van der Waals surface area (Å²) in [5.74, 6) is 1.02. The number of hydrogen-bond acceptors (Lipinski definition) is 5. The maximum absolute atomic E-state index is 12.4. The largest absolute Gasteiger partial charge is 0.337 e. The fraction of sp³-hybridized carbons (Fsp3) is 0.478. The van der Waals surface area contributed by atoms with E-state index in [0.717, 1.165) is 24.2 Å². The first-order chi connectivity index (χ1) is 14.2. The highest BCUT2D eigenvalue weighted by Gasteiger charge is 2.43. The van der Waals surface area contributed by atoms with Gasteiger partial charge in [-0.1, -0.05) is 62.9 Å². The maximum atomic E-state index is 12.4. The summed E-state index contributed by atoms with van der Waals surface area (Å²) in [5, 5.41) is 21.6. The van der Waals surface area contributed by atoms with Crippen LogP contribution in [-0.4, -0.2) is 32.0 Å². The number of hydrogen-bond donors (Lipinski definition) is 1. The van der Waals surface area contributed by atoms with Crippen LogP contribution in [0.1, 0.15) is 46.1 Å². The second-order valence-corrected chi connectivity index (χ2v) is 9.90. The molecular weight excluding hydrogens is 394 g/mol. The molecule has 3 rings (SSSR count). The molecule has 1 amide bonds. The minimum Gasteiger partial charge on any atom is -0.337 e. The number of rotatable bonds is 8. The lowest BCUT2D eigenvalue weighted by Crippen LogP contribution is -2.47. The van der Waals surface area contributed by atoms with Crippen molar-refractivity contribution < 1.29 is 4.79 Å². The van der Waals surface area contributed by atoms with Crippen molar-refractivity contribution in [3.05, 3.63) is 42.5 Å². The van der Waals surface area contributed by atoms with Gasteiger partial charge in [0.25, 0.3) is 0 Å². The third-order valence-electron chi connectivity index (χ3n) is 5.40. The Morgan fingerprint density at radius 1 is 1.30 bits per heavy atom. The number of aromatic nitrogens is 3. The first-order valence-corrected chi connectivity index (χ1v) is 11.2. The monoisotopic (exact) mass is 423 g/mol. The minimum atomic E-state index is -0.785. The molecule has 30 heavy (non-hydrogen) atoms. The highest BCUT2D eigenvalue weighted by molar-refractivity contribution is 7.99. The summed E-state index contributed by atoms with van der Waals surface area (Å²) >= 11 is 1.32. The van der Waals surface area contributed by atoms with Crippen molar-refractivity contribution in [2.45, 2.75) is 63.2 Å². The van der Waals surface area contributed by atoms with Crippen molar-refractivity contribution in [3.8, 4) is 17.5 Å². The molecule has 7 heteroatoms. The third kappa shape index (κ3) is 4.93. The molecular formula is C23H29N5OS. The van der Waals surface area contributed by atoms with Crippen LogP contribution >= 0.6 is 11.8 Å². The Bertz CT molecular complexity index is 963. The molecule has 6 nitrogen and oxygen atoms in total. The van der Waals surface area contributed by atoms with Gasteiger partial charge >= 0.3 is 0 Å². The molecule has 1 aromatic carbocycles. The number of nitriles is 1. The molecule has 0 saturated heterocycles. The molecule has 0 radical (unpaired) electrons. The number of allylic oxidation sites excluding steroid dienone is 1. The van der Waals surface area contributed by atoms with Crippen molar-refractivity contribution in [1.82, 2.24) is 20.1 Å². The third-order valence-corrected chi connectivity index (χ3v) is 6.36. The predicted molar refractivity (Wildman–Crippen MR) is 120 cm³/mol. The van der Waals surface area contributed by atoms with E-state index < -0.39 is 5.54 Å². The van der Waals surface area contributed by atoms with Gasteiger partial charge in [-0.3, -0.25) is 9.36 Å². The van der Waals surface area contributed by atoms with Gasteiger partial charge in [-0.25, -0.2) is 0 Å². The summed E-state index contributed by atoms with van der Waals surface area (Å²) in [6.07, 6.45) is 3.77. The van der Waals surface area contributed by atoms with Crippen LogP contribution in [-0.2, 0) is 16.8 Å². The Hall–Kier alpha value is -2.59. The molecule has 1 fully saturated rings. The van der Waals surface area contributed by atoms with E-state index in [-0.39, 0.29) is 23.0 Å². The first-order valence-electron chi connectivity index (χ1n) is 10.2. The van der Waals surface area contributed by atoms with Crippen molar-refractivity contribution in [1.29, 1.82) is 5.26 Å². The van der Waals surface area contributed by atoms with E-state index in [1.54, 1.807) is 13.0 Å². The van der Waals surface area contributed by atoms with Gasteiger partial charge < -0.3 is 5.32 Å². The minimum absolute atomic E-state index is 0.0834. The molecule has 1 aliphatic carbocycles. The Balaban J connectivity index is 1.73. The Kier molecular flexibility index (Phi) is 6.37. The molecule has 0 spiro atoms. The van der Waals surface area contributed by atoms with Crippen molar-refractivity contribution >= 4 is 17.7 Å². The van der Waals surface area contributed by atoms with Gasteiger partial charge in [0, 0.05) is 12.1 Å². The Morgan fingerprint density at radius 2 is 1.97 bits per heavy atom. The van der Waals surface area contributed by atoms with Crippen molar-refractivity contribution in [2.75, 3.05) is 5.75 Å². The average Bonchev–Trinajstić information content (AvgIpc) is 3.49. The standard InChI is InChI=1S/C23H29N5OS/c1-6-13-28-20(16-7-9-17(10-8-16)22(2,3)4)26-27-21(28)30-14-19(29)25-23(5,15-24)18-11-12-18/h6-10,18H,1,11-14H2,2-5H3,(H,25,29)/t23-/m1/s1. The van der Waals surface area contributed by atoms with E-state index in [2.05, 4.69) is 73.2 Å². The van der Waals surface area contributed by atoms with Crippen LogP contribution in [0.2, 0.25) is 0 Å². The van der Waals surface area contributed by atoms with Gasteiger partial charge in [0.2, 0.25) is 5.91 Å². The zero-order chi connectivity index (χ0) is 21.9. The summed E-state index contributed by atoms with van der Waals surface area (Å²) in [4.78, 5) is 12.4. The summed E-state index contributed by atoms with van der Waals surface area (Å²) in [6.45, 7) is 12.7. The van der Waals surface area contributed by atoms with Gasteiger partial charge in [0.05, 0.1) is 11.8 Å². The fourth-order valence-electron chi connectivity index (χ4n) is 3.36. The van der Waals surface area contributed by atoms with E-state index in [1.165, 1.54) is 17.3 Å². The van der Waals surface area contributed by atoms with E-state index in [0.29, 0.717) is 11.7 Å². The van der Waals surface area contributed by atoms with E-state index in [1.807, 2.05) is 4.57 Å². The number of benzene rings is 1. The lowest BCUT2D eigenvalue weighted by Gasteiger charge is -2.22. The Morgan fingerprint density at radius 3 is 2.50 bits per heavy atom. The molecule has 158 valence electrons. The van der Waals surface area contributed by atoms with Gasteiger partial charge in [-0.2, -0.15) is 5.26 Å². The van der Waals surface area contributed by atoms with E-state index in [9.17, 15) is 10.1 Å². The summed E-state index contributed by atoms with van der Waals surface area (Å²) < 4.78 is 1.96. The molecule has 1 atom stereocenters. The highest BCUT2D eigenvalue weighted by atomic mass is 32.2. The number of nitrogens with one attached hydrogen (secondary N) is 1. The number of nitrogens with zero attached hydrogens (tertiary/aromatic N) is 4. The van der Waals surface area contributed by atoms with Crippen LogP contribution in [0, 0.1) is 17.2 Å². The maximum Gasteiger partial charge on any atom is 0.231 e. The molecule has 1 aliphatic rings. The van der Waals surface area contributed by atoms with Gasteiger partial charge in [0.15, 0.2) is 11.0 Å². The van der Waals surface area contributed by atoms with Crippen LogP contribution in [0.4, 0.5) is 0 Å². The van der Waals surface area contributed by atoms with Crippen molar-refractivity contribution in [3.63, 3.8) is 0 Å². The van der Waals surface area contributed by atoms with Crippen molar-refractivity contribution in [2.24, 2.45) is 5.92 Å². The summed E-state index contributed by atoms with van der Waals surface area (Å²) in [5.41, 5.74) is 1.52. The molecule has 1 aromatic heterocycles. The first kappa shape index (κ1) is 22.1. The molecule has 2 aromatic rings. The average molecular weight is 424 g/mol. The van der Waals surface area contributed by atoms with Crippen LogP contribution in [0.15, 0.2) is 42.1 Å². The summed E-state index contributed by atoms with van der Waals surface area (Å²) in [7, 11) is 0. The molecule has 0 bridgehead atoms. The van der Waals surface area contributed by atoms with Crippen LogP contribution in [0.25, 0.3) is 11.4 Å². The molecule has 0 unspecified atom stereocenters. The smallest absolute Gasteiger partial charge is 0.231 e. The zero-order valence-electron chi connectivity index (χ0n) is 18.1. The van der Waals surface area contributed by atoms with Gasteiger partial charge in [-0.15, -0.1) is 16.8 Å². The van der Waals surface area contributed by atoms with Gasteiger partial charge in [-0.05, 0) is 36.7 Å². The molecule has 1 N–H and O–H groups in total. The van der Waals surface area contributed by atoms with E-state index >= 15 is 0 Å². The number of carbonyl (C=O) groups is 1. The van der Waals surface area contributed by atoms with E-state index in [4.69, 9.17) is 0 Å². The van der Waals surface area contributed by atoms with Crippen LogP contribution in [0.3, 0.4) is 0 Å². The molecule has 1 heterocycles. The molecule has 0 aliphatic heterocycles. The Labute approximate surface area is 182 Å². The number of amides is 1. The van der Waals surface area contributed by atoms with Crippen LogP contribution in [0.5, 0.6) is 0 Å². The topological polar surface area (TPSA) is 83.6 Å². The molecule has 1 saturated carbocycles. The number of thioether (sulfide) groups is 1. The summed E-state index contributed by atoms with van der Waals surface area (Å²) in [6, 6.07) is 10.6. The SMILES string of the molecule is C=CCn1c(SCC(=O)N[C@](C)(C#N)C2CC2)nnc1-c1ccc(C(C)(C)C)cc1.